The van der Waals surface area contributed by atoms with Crippen molar-refractivity contribution in [1.82, 2.24) is 10.2 Å². The lowest BCUT2D eigenvalue weighted by atomic mass is 10.0. The Labute approximate surface area is 202 Å². The van der Waals surface area contributed by atoms with Gasteiger partial charge in [-0.1, -0.05) is 50.7 Å². The number of nitrogens with zero attached hydrogens (tertiary/aromatic N) is 1. The zero-order valence-corrected chi connectivity index (χ0v) is 20.5. The molecule has 2 amide bonds. The number of aldehydes is 3. The molecule has 8 heteroatoms. The molecule has 34 heavy (non-hydrogen) atoms. The molecule has 0 aromatic heterocycles. The van der Waals surface area contributed by atoms with Crippen molar-refractivity contribution in [2.45, 2.75) is 76.7 Å². The number of nitrogens with one attached hydrogen (secondary N) is 2. The van der Waals surface area contributed by atoms with E-state index >= 15 is 0 Å². The van der Waals surface area contributed by atoms with Gasteiger partial charge >= 0.3 is 0 Å². The summed E-state index contributed by atoms with van der Waals surface area (Å²) in [6.45, 7) is 0.666. The maximum Gasteiger partial charge on any atom is 0.257 e. The van der Waals surface area contributed by atoms with Crippen molar-refractivity contribution in [3.63, 3.8) is 0 Å². The normalized spacial score (nSPS) is 11.4. The van der Waals surface area contributed by atoms with Crippen molar-refractivity contribution in [2.75, 3.05) is 26.0 Å². The molecular formula is C26H39N3O5. The van der Waals surface area contributed by atoms with E-state index < -0.39 is 11.9 Å². The number of anilines is 1. The van der Waals surface area contributed by atoms with Crippen molar-refractivity contribution < 1.29 is 24.0 Å². The third-order valence-electron chi connectivity index (χ3n) is 5.92. The maximum absolute atomic E-state index is 13.2. The maximum atomic E-state index is 13.2. The molecule has 0 saturated heterocycles. The highest BCUT2D eigenvalue weighted by Gasteiger charge is 2.25. The first-order chi connectivity index (χ1) is 16.5. The summed E-state index contributed by atoms with van der Waals surface area (Å²) >= 11 is 0. The van der Waals surface area contributed by atoms with E-state index in [4.69, 9.17) is 0 Å². The average Bonchev–Trinajstić information content (AvgIpc) is 2.86. The van der Waals surface area contributed by atoms with E-state index in [1.807, 2.05) is 0 Å². The Morgan fingerprint density at radius 1 is 0.971 bits per heavy atom. The Morgan fingerprint density at radius 2 is 1.62 bits per heavy atom. The Kier molecular flexibility index (Phi) is 14.9. The smallest absolute Gasteiger partial charge is 0.257 e. The van der Waals surface area contributed by atoms with E-state index in [9.17, 15) is 24.0 Å². The first kappa shape index (κ1) is 29.0. The molecule has 2 N–H and O–H groups in total. The van der Waals surface area contributed by atoms with Crippen molar-refractivity contribution in [1.29, 1.82) is 0 Å². The largest absolute Gasteiger partial charge is 0.384 e. The number of hydrogen-bond acceptors (Lipinski definition) is 6. The lowest BCUT2D eigenvalue weighted by Crippen LogP contribution is -2.39. The van der Waals surface area contributed by atoms with Crippen molar-refractivity contribution in [3.8, 4) is 0 Å². The first-order valence-electron chi connectivity index (χ1n) is 12.2. The van der Waals surface area contributed by atoms with Gasteiger partial charge in [0.15, 0.2) is 6.29 Å². The molecule has 1 rings (SSSR count). The minimum Gasteiger partial charge on any atom is -0.384 e. The number of amides is 2. The zero-order valence-electron chi connectivity index (χ0n) is 20.5. The Hall–Kier alpha value is -3.03. The van der Waals surface area contributed by atoms with E-state index in [0.717, 1.165) is 44.8 Å². The molecule has 0 heterocycles. The van der Waals surface area contributed by atoms with Crippen LogP contribution in [0.2, 0.25) is 0 Å². The molecule has 188 valence electrons. The van der Waals surface area contributed by atoms with Crippen LogP contribution in [0.25, 0.3) is 0 Å². The fourth-order valence-electron chi connectivity index (χ4n) is 3.77. The quantitative estimate of drug-likeness (QED) is 0.234. The summed E-state index contributed by atoms with van der Waals surface area (Å²) in [5.41, 5.74) is 1.06. The van der Waals surface area contributed by atoms with Gasteiger partial charge in [-0.2, -0.15) is 0 Å². The van der Waals surface area contributed by atoms with Gasteiger partial charge in [-0.05, 0) is 25.3 Å². The first-order valence-corrected chi connectivity index (χ1v) is 12.2. The van der Waals surface area contributed by atoms with E-state index in [-0.39, 0.29) is 29.9 Å². The summed E-state index contributed by atoms with van der Waals surface area (Å²) in [6, 6.07) is 4.29. The predicted octanol–water partition coefficient (Wildman–Crippen LogP) is 3.79. The van der Waals surface area contributed by atoms with Crippen molar-refractivity contribution in [2.24, 2.45) is 0 Å². The fourth-order valence-corrected chi connectivity index (χ4v) is 3.77. The number of carbonyl (C=O) groups is 5. The molecule has 0 saturated carbocycles. The second-order valence-electron chi connectivity index (χ2n) is 8.43. The van der Waals surface area contributed by atoms with Crippen molar-refractivity contribution >= 4 is 36.4 Å². The van der Waals surface area contributed by atoms with Gasteiger partial charge in [0.2, 0.25) is 5.91 Å². The second-order valence-corrected chi connectivity index (χ2v) is 8.43. The second kappa shape index (κ2) is 17.4. The Balaban J connectivity index is 2.63. The summed E-state index contributed by atoms with van der Waals surface area (Å²) in [7, 11) is 3.03. The summed E-state index contributed by atoms with van der Waals surface area (Å²) in [4.78, 5) is 59.5. The third-order valence-corrected chi connectivity index (χ3v) is 5.92. The highest BCUT2D eigenvalue weighted by Crippen LogP contribution is 2.22. The molecule has 0 fully saturated rings. The average molecular weight is 474 g/mol. The van der Waals surface area contributed by atoms with Gasteiger partial charge in [0.25, 0.3) is 5.91 Å². The van der Waals surface area contributed by atoms with Crippen LogP contribution < -0.4 is 10.6 Å². The number of likely N-dealkylation sites (N-methyl/N-ethyl adjacent to an activating group) is 1. The Morgan fingerprint density at radius 3 is 2.21 bits per heavy atom. The topological polar surface area (TPSA) is 113 Å². The van der Waals surface area contributed by atoms with Gasteiger partial charge in [0.1, 0.15) is 12.6 Å². The van der Waals surface area contributed by atoms with Crippen LogP contribution in [-0.2, 0) is 14.4 Å². The molecule has 1 aromatic rings. The van der Waals surface area contributed by atoms with Crippen LogP contribution in [0.3, 0.4) is 0 Å². The van der Waals surface area contributed by atoms with E-state index in [1.54, 1.807) is 18.2 Å². The van der Waals surface area contributed by atoms with E-state index in [2.05, 4.69) is 10.6 Å². The Bertz CT molecular complexity index is 797. The third kappa shape index (κ3) is 10.3. The zero-order chi connectivity index (χ0) is 25.2. The van der Waals surface area contributed by atoms with Gasteiger partial charge in [0, 0.05) is 44.7 Å². The molecule has 0 radical (unpaired) electrons. The standard InChI is InChI=1S/C26H39N3O5/c1-27-24(33)16-15-22(20-32)29(2)26(34)25-21(19-31)13-12-14-23(25)28-17-10-8-6-4-3-5-7-9-11-18-30/h12-14,18-20,22,28H,3-11,15-17H2,1-2H3,(H,27,33). The van der Waals surface area contributed by atoms with Gasteiger partial charge in [0.05, 0.1) is 11.6 Å². The highest BCUT2D eigenvalue weighted by atomic mass is 16.2. The van der Waals surface area contributed by atoms with Gasteiger partial charge in [-0.15, -0.1) is 0 Å². The van der Waals surface area contributed by atoms with Crippen LogP contribution >= 0.6 is 0 Å². The molecule has 0 aliphatic heterocycles. The van der Waals surface area contributed by atoms with Crippen LogP contribution in [0, 0.1) is 0 Å². The monoisotopic (exact) mass is 473 g/mol. The lowest BCUT2D eigenvalue weighted by Gasteiger charge is -2.25. The van der Waals surface area contributed by atoms with Crippen LogP contribution in [0.4, 0.5) is 5.69 Å². The van der Waals surface area contributed by atoms with E-state index in [1.165, 1.54) is 31.8 Å². The lowest BCUT2D eigenvalue weighted by molar-refractivity contribution is -0.121. The minimum absolute atomic E-state index is 0.122. The molecule has 1 aromatic carbocycles. The summed E-state index contributed by atoms with van der Waals surface area (Å²) in [6.07, 6.45) is 12.0. The van der Waals surface area contributed by atoms with Gasteiger partial charge in [-0.3, -0.25) is 14.4 Å². The van der Waals surface area contributed by atoms with Crippen LogP contribution in [-0.4, -0.2) is 62.3 Å². The summed E-state index contributed by atoms with van der Waals surface area (Å²) in [5, 5.41) is 5.77. The molecular weight excluding hydrogens is 434 g/mol. The van der Waals surface area contributed by atoms with Crippen LogP contribution in [0.1, 0.15) is 91.3 Å². The molecule has 0 bridgehead atoms. The number of carbonyl (C=O) groups excluding carboxylic acids is 5. The van der Waals surface area contributed by atoms with E-state index in [0.29, 0.717) is 31.2 Å². The van der Waals surface area contributed by atoms with Crippen LogP contribution in [0.15, 0.2) is 18.2 Å². The SMILES string of the molecule is CNC(=O)CCC(C=O)N(C)C(=O)c1c(C=O)cccc1NCCCCCCCCCCC=O. The molecule has 1 unspecified atom stereocenters. The summed E-state index contributed by atoms with van der Waals surface area (Å²) in [5.74, 6) is -0.643. The van der Waals surface area contributed by atoms with Crippen molar-refractivity contribution in [3.05, 3.63) is 29.3 Å². The molecule has 8 nitrogen and oxygen atoms in total. The number of rotatable bonds is 19. The number of benzene rings is 1. The fraction of sp³-hybridized carbons (Fsp3) is 0.577. The number of unbranched alkanes of at least 4 members (excludes halogenated alkanes) is 8. The molecule has 0 spiro atoms. The summed E-state index contributed by atoms with van der Waals surface area (Å²) < 4.78 is 0. The molecule has 0 aliphatic rings. The highest BCUT2D eigenvalue weighted by molar-refractivity contribution is 6.06. The number of hydrogen-bond donors (Lipinski definition) is 2. The predicted molar refractivity (Wildman–Crippen MR) is 133 cm³/mol. The minimum atomic E-state index is -0.768. The van der Waals surface area contributed by atoms with Crippen LogP contribution in [0.5, 0.6) is 0 Å². The molecule has 1 atom stereocenters. The van der Waals surface area contributed by atoms with Gasteiger partial charge < -0.3 is 25.1 Å². The van der Waals surface area contributed by atoms with Gasteiger partial charge in [-0.25, -0.2) is 0 Å². The molecule has 0 aliphatic carbocycles.